The van der Waals surface area contributed by atoms with Gasteiger partial charge < -0.3 is 15.0 Å². The molecular formula is C32H28F2N6O5S. The Morgan fingerprint density at radius 3 is 2.39 bits per heavy atom. The predicted molar refractivity (Wildman–Crippen MR) is 164 cm³/mol. The van der Waals surface area contributed by atoms with Crippen LogP contribution in [0.15, 0.2) is 79.0 Å². The summed E-state index contributed by atoms with van der Waals surface area (Å²) in [4.78, 5) is 28.8. The normalized spacial score (nSPS) is 18.1. The van der Waals surface area contributed by atoms with Gasteiger partial charge in [-0.15, -0.1) is 0 Å². The Morgan fingerprint density at radius 2 is 1.74 bits per heavy atom. The molecule has 1 N–H and O–H groups in total. The van der Waals surface area contributed by atoms with Crippen LogP contribution in [0.25, 0.3) is 0 Å². The maximum atomic E-state index is 15.3. The number of benzene rings is 3. The quantitative estimate of drug-likeness (QED) is 0.300. The fraction of sp³-hybridized carbons (Fsp3) is 0.250. The molecule has 2 aliphatic rings. The summed E-state index contributed by atoms with van der Waals surface area (Å²) < 4.78 is 64.2. The third-order valence-electron chi connectivity index (χ3n) is 8.32. The number of alkyl halides is 2. The van der Waals surface area contributed by atoms with Crippen LogP contribution in [0.3, 0.4) is 0 Å². The number of rotatable bonds is 8. The maximum absolute atomic E-state index is 15.3. The molecule has 1 aromatic heterocycles. The topological polar surface area (TPSA) is 138 Å². The van der Waals surface area contributed by atoms with Crippen LogP contribution >= 0.6 is 0 Å². The molecule has 236 valence electrons. The zero-order valence-electron chi connectivity index (χ0n) is 24.7. The molecule has 0 saturated carbocycles. The average molecular weight is 647 g/mol. The number of carbonyl (C=O) groups excluding carboxylic acids is 2. The van der Waals surface area contributed by atoms with Crippen molar-refractivity contribution in [2.45, 2.75) is 24.9 Å². The number of anilines is 2. The van der Waals surface area contributed by atoms with E-state index >= 15 is 8.78 Å². The van der Waals surface area contributed by atoms with Crippen molar-refractivity contribution in [3.8, 4) is 11.8 Å². The summed E-state index contributed by atoms with van der Waals surface area (Å²) in [5.74, 6) is -4.37. The maximum Gasteiger partial charge on any atom is 0.298 e. The highest BCUT2D eigenvalue weighted by Crippen LogP contribution is 2.41. The predicted octanol–water partition coefficient (Wildman–Crippen LogP) is 4.39. The third-order valence-corrected chi connectivity index (χ3v) is 10.1. The zero-order chi connectivity index (χ0) is 32.8. The first kappa shape index (κ1) is 30.9. The summed E-state index contributed by atoms with van der Waals surface area (Å²) in [6.45, 7) is 1.51. The molecular weight excluding hydrogens is 618 g/mol. The highest BCUT2D eigenvalue weighted by Gasteiger charge is 2.50. The molecule has 46 heavy (non-hydrogen) atoms. The van der Waals surface area contributed by atoms with Crippen molar-refractivity contribution in [2.75, 3.05) is 36.2 Å². The van der Waals surface area contributed by atoms with Crippen molar-refractivity contribution in [1.82, 2.24) is 14.1 Å². The number of hydrogen-bond acceptors (Lipinski definition) is 7. The van der Waals surface area contributed by atoms with Gasteiger partial charge in [0.15, 0.2) is 5.69 Å². The van der Waals surface area contributed by atoms with Crippen molar-refractivity contribution in [3.05, 3.63) is 107 Å². The molecule has 14 heteroatoms. The van der Waals surface area contributed by atoms with E-state index in [1.54, 1.807) is 6.07 Å². The van der Waals surface area contributed by atoms with Crippen molar-refractivity contribution in [1.29, 1.82) is 5.26 Å². The Morgan fingerprint density at radius 1 is 1.07 bits per heavy atom. The first-order valence-corrected chi connectivity index (χ1v) is 15.9. The highest BCUT2D eigenvalue weighted by atomic mass is 32.2. The Labute approximate surface area is 263 Å². The molecule has 6 rings (SSSR count). The molecule has 2 aliphatic heterocycles. The van der Waals surface area contributed by atoms with Crippen molar-refractivity contribution < 1.29 is 31.5 Å². The molecule has 0 unspecified atom stereocenters. The SMILES string of the molecule is CCS(=O)(=O)N1C[C@H]2[C@H](C1)n1ncc(NC(=O)c3ccc(OC)c(C#N)c3)c1C(=O)N2c1ccc(C(F)(F)c2ccccc2)cc1. The monoisotopic (exact) mass is 646 g/mol. The lowest BCUT2D eigenvalue weighted by Gasteiger charge is -2.37. The number of hydrogen-bond donors (Lipinski definition) is 1. The highest BCUT2D eigenvalue weighted by molar-refractivity contribution is 7.89. The molecule has 3 aromatic carbocycles. The fourth-order valence-electron chi connectivity index (χ4n) is 5.91. The van der Waals surface area contributed by atoms with Gasteiger partial charge in [0.1, 0.15) is 11.8 Å². The Balaban J connectivity index is 1.38. The number of aromatic nitrogens is 2. The molecule has 0 bridgehead atoms. The molecule has 0 spiro atoms. The van der Waals surface area contributed by atoms with Gasteiger partial charge in [-0.05, 0) is 37.3 Å². The molecule has 2 amide bonds. The first-order chi connectivity index (χ1) is 22.0. The smallest absolute Gasteiger partial charge is 0.298 e. The van der Waals surface area contributed by atoms with Gasteiger partial charge in [-0.2, -0.15) is 23.4 Å². The van der Waals surface area contributed by atoms with E-state index in [-0.39, 0.29) is 58.2 Å². The van der Waals surface area contributed by atoms with E-state index in [2.05, 4.69) is 10.4 Å². The Kier molecular flexibility index (Phi) is 7.83. The van der Waals surface area contributed by atoms with E-state index < -0.39 is 39.8 Å². The number of nitriles is 1. The van der Waals surface area contributed by atoms with Crippen molar-refractivity contribution in [2.24, 2.45) is 0 Å². The van der Waals surface area contributed by atoms with Crippen LogP contribution in [-0.2, 0) is 15.9 Å². The van der Waals surface area contributed by atoms with Gasteiger partial charge in [-0.25, -0.2) is 8.42 Å². The summed E-state index contributed by atoms with van der Waals surface area (Å²) in [5.41, 5.74) is 0.153. The number of ether oxygens (including phenoxy) is 1. The largest absolute Gasteiger partial charge is 0.495 e. The number of nitrogens with one attached hydrogen (secondary N) is 1. The number of carbonyl (C=O) groups is 2. The second kappa shape index (κ2) is 11.7. The molecule has 4 aromatic rings. The van der Waals surface area contributed by atoms with E-state index in [9.17, 15) is 23.3 Å². The molecule has 0 aliphatic carbocycles. The summed E-state index contributed by atoms with van der Waals surface area (Å²) in [5, 5.41) is 16.5. The van der Waals surface area contributed by atoms with Gasteiger partial charge in [0.2, 0.25) is 10.0 Å². The van der Waals surface area contributed by atoms with E-state index in [0.29, 0.717) is 5.75 Å². The zero-order valence-corrected chi connectivity index (χ0v) is 25.5. The third kappa shape index (κ3) is 5.17. The van der Waals surface area contributed by atoms with Crippen LogP contribution < -0.4 is 15.0 Å². The van der Waals surface area contributed by atoms with E-state index in [1.807, 2.05) is 6.07 Å². The van der Waals surface area contributed by atoms with E-state index in [1.165, 1.54) is 101 Å². The number of halogens is 2. The molecule has 1 saturated heterocycles. The van der Waals surface area contributed by atoms with E-state index in [4.69, 9.17) is 4.74 Å². The van der Waals surface area contributed by atoms with Gasteiger partial charge in [-0.1, -0.05) is 42.5 Å². The molecule has 1 fully saturated rings. The van der Waals surface area contributed by atoms with Crippen LogP contribution in [0.1, 0.15) is 50.5 Å². The second-order valence-electron chi connectivity index (χ2n) is 10.8. The lowest BCUT2D eigenvalue weighted by molar-refractivity contribution is 0.0428. The minimum atomic E-state index is -3.65. The Bertz CT molecular complexity index is 1980. The lowest BCUT2D eigenvalue weighted by atomic mass is 9.99. The standard InChI is InChI=1S/C32H28F2N6O5S/c1-3-46(43,44)38-18-26-27(19-38)40-29(25(17-36-40)37-30(41)20-9-14-28(45-2)21(15-20)16-35)31(42)39(26)24-12-10-23(11-13-24)32(33,34)22-7-5-4-6-8-22/h4-15,17,26-27H,3,18-19H2,1-2H3,(H,37,41)/t26-,27-/m0/s1. The molecule has 3 heterocycles. The average Bonchev–Trinajstić information content (AvgIpc) is 3.71. The Hall–Kier alpha value is -5.13. The van der Waals surface area contributed by atoms with Gasteiger partial charge >= 0.3 is 0 Å². The van der Waals surface area contributed by atoms with Crippen molar-refractivity contribution >= 4 is 33.2 Å². The summed E-state index contributed by atoms with van der Waals surface area (Å²) >= 11 is 0. The lowest BCUT2D eigenvalue weighted by Crippen LogP contribution is -2.51. The summed E-state index contributed by atoms with van der Waals surface area (Å²) in [7, 11) is -2.25. The molecule has 0 radical (unpaired) electrons. The number of methoxy groups -OCH3 is 1. The molecule has 11 nitrogen and oxygen atoms in total. The number of sulfonamides is 1. The minimum absolute atomic E-state index is 0.00180. The second-order valence-corrected chi connectivity index (χ2v) is 13.1. The van der Waals surface area contributed by atoms with Gasteiger partial charge in [0.25, 0.3) is 17.7 Å². The number of fused-ring (bicyclic) bond motifs is 3. The van der Waals surface area contributed by atoms with Gasteiger partial charge in [0.05, 0.1) is 42.4 Å². The van der Waals surface area contributed by atoms with Gasteiger partial charge in [-0.3, -0.25) is 14.3 Å². The first-order valence-electron chi connectivity index (χ1n) is 14.3. The summed E-state index contributed by atoms with van der Waals surface area (Å²) in [6.07, 6.45) is 1.31. The van der Waals surface area contributed by atoms with Crippen molar-refractivity contribution in [3.63, 3.8) is 0 Å². The number of amides is 2. The summed E-state index contributed by atoms with van der Waals surface area (Å²) in [6, 6.07) is 17.6. The van der Waals surface area contributed by atoms with E-state index in [0.717, 1.165) is 0 Å². The van der Waals surface area contributed by atoms with Crippen LogP contribution in [0.4, 0.5) is 20.2 Å². The minimum Gasteiger partial charge on any atom is -0.495 e. The molecule has 2 atom stereocenters. The van der Waals surface area contributed by atoms with Crippen LogP contribution in [0, 0.1) is 11.3 Å². The van der Waals surface area contributed by atoms with Crippen LogP contribution in [0.5, 0.6) is 5.75 Å². The van der Waals surface area contributed by atoms with Gasteiger partial charge in [0, 0.05) is 35.5 Å². The van der Waals surface area contributed by atoms with Crippen LogP contribution in [-0.4, -0.2) is 66.3 Å². The fourth-order valence-corrected chi connectivity index (χ4v) is 7.03. The van der Waals surface area contributed by atoms with Crippen LogP contribution in [0.2, 0.25) is 0 Å². The number of nitrogens with zero attached hydrogens (tertiary/aromatic N) is 5.